The summed E-state index contributed by atoms with van der Waals surface area (Å²) in [5.74, 6) is -0.387. The lowest BCUT2D eigenvalue weighted by Gasteiger charge is -2.09. The van der Waals surface area contributed by atoms with Crippen molar-refractivity contribution >= 4 is 34.1 Å². The van der Waals surface area contributed by atoms with E-state index >= 15 is 0 Å². The average Bonchev–Trinajstić information content (AvgIpc) is 2.41. The second kappa shape index (κ2) is 5.70. The predicted molar refractivity (Wildman–Crippen MR) is 81.1 cm³/mol. The second-order valence-corrected chi connectivity index (χ2v) is 4.76. The van der Waals surface area contributed by atoms with Crippen molar-refractivity contribution < 1.29 is 4.79 Å². The predicted octanol–water partition coefficient (Wildman–Crippen LogP) is 0.243. The molecule has 104 valence electrons. The lowest BCUT2D eigenvalue weighted by Crippen LogP contribution is -2.45. The second-order valence-electron chi connectivity index (χ2n) is 4.32. The van der Waals surface area contributed by atoms with Gasteiger partial charge in [0.05, 0.1) is 6.42 Å². The van der Waals surface area contributed by atoms with Crippen LogP contribution in [0.25, 0.3) is 10.9 Å². The van der Waals surface area contributed by atoms with Crippen LogP contribution in [0.15, 0.2) is 29.1 Å². The number of aromatic nitrogens is 1. The molecule has 7 heteroatoms. The first kappa shape index (κ1) is 14.0. The van der Waals surface area contributed by atoms with Crippen LogP contribution in [0.4, 0.5) is 0 Å². The molecule has 0 atom stereocenters. The molecule has 0 unspecified atom stereocenters. The SMILES string of the molecule is Cc1[nH]c2ccccc2c(=O)c1CC(=O)NNC(N)=S. The largest absolute Gasteiger partial charge is 0.375 e. The maximum Gasteiger partial charge on any atom is 0.243 e. The molecular weight excluding hydrogens is 276 g/mol. The molecule has 0 spiro atoms. The van der Waals surface area contributed by atoms with E-state index in [-0.39, 0.29) is 22.9 Å². The molecule has 5 N–H and O–H groups in total. The first-order valence-electron chi connectivity index (χ1n) is 5.94. The zero-order valence-corrected chi connectivity index (χ0v) is 11.6. The van der Waals surface area contributed by atoms with Crippen LogP contribution < -0.4 is 22.0 Å². The molecule has 0 aliphatic carbocycles. The molecule has 20 heavy (non-hydrogen) atoms. The van der Waals surface area contributed by atoms with Crippen molar-refractivity contribution in [1.82, 2.24) is 15.8 Å². The molecule has 0 saturated heterocycles. The number of rotatable bonds is 2. The van der Waals surface area contributed by atoms with Gasteiger partial charge in [0, 0.05) is 22.2 Å². The normalized spacial score (nSPS) is 10.2. The Morgan fingerprint density at radius 3 is 2.75 bits per heavy atom. The molecule has 0 fully saturated rings. The number of carbonyl (C=O) groups excluding carboxylic acids is 1. The van der Waals surface area contributed by atoms with Gasteiger partial charge < -0.3 is 10.7 Å². The first-order chi connectivity index (χ1) is 9.49. The Labute approximate surface area is 120 Å². The monoisotopic (exact) mass is 290 g/mol. The van der Waals surface area contributed by atoms with E-state index in [1.165, 1.54) is 0 Å². The number of hydrogen-bond donors (Lipinski definition) is 4. The van der Waals surface area contributed by atoms with Crippen molar-refractivity contribution in [2.75, 3.05) is 0 Å². The molecule has 0 bridgehead atoms. The van der Waals surface area contributed by atoms with Crippen LogP contribution in [0.2, 0.25) is 0 Å². The summed E-state index contributed by atoms with van der Waals surface area (Å²) >= 11 is 4.58. The fourth-order valence-electron chi connectivity index (χ4n) is 1.95. The third-order valence-electron chi connectivity index (χ3n) is 2.88. The fourth-order valence-corrected chi connectivity index (χ4v) is 2.00. The molecule has 0 aliphatic heterocycles. The van der Waals surface area contributed by atoms with Gasteiger partial charge in [-0.1, -0.05) is 12.1 Å². The van der Waals surface area contributed by atoms with E-state index in [9.17, 15) is 9.59 Å². The Kier molecular flexibility index (Phi) is 3.99. The number of para-hydroxylation sites is 1. The molecule has 0 aliphatic rings. The topological polar surface area (TPSA) is 100 Å². The van der Waals surface area contributed by atoms with Crippen LogP contribution in [0, 0.1) is 6.92 Å². The molecule has 1 aromatic heterocycles. The van der Waals surface area contributed by atoms with Crippen LogP contribution in [0.3, 0.4) is 0 Å². The number of nitrogens with two attached hydrogens (primary N) is 1. The van der Waals surface area contributed by atoms with Crippen molar-refractivity contribution in [3.8, 4) is 0 Å². The third kappa shape index (κ3) is 2.94. The van der Waals surface area contributed by atoms with Gasteiger partial charge in [-0.25, -0.2) is 0 Å². The van der Waals surface area contributed by atoms with Gasteiger partial charge in [0.25, 0.3) is 0 Å². The zero-order chi connectivity index (χ0) is 14.7. The maximum absolute atomic E-state index is 12.4. The van der Waals surface area contributed by atoms with Crippen molar-refractivity contribution in [3.63, 3.8) is 0 Å². The number of benzene rings is 1. The molecule has 1 aromatic carbocycles. The Bertz CT molecular complexity index is 739. The van der Waals surface area contributed by atoms with E-state index in [1.807, 2.05) is 12.1 Å². The Morgan fingerprint density at radius 2 is 2.05 bits per heavy atom. The lowest BCUT2D eigenvalue weighted by molar-refractivity contribution is -0.121. The summed E-state index contributed by atoms with van der Waals surface area (Å²) < 4.78 is 0. The van der Waals surface area contributed by atoms with Crippen LogP contribution in [0.5, 0.6) is 0 Å². The van der Waals surface area contributed by atoms with Crippen molar-refractivity contribution in [2.24, 2.45) is 5.73 Å². The van der Waals surface area contributed by atoms with Gasteiger partial charge >= 0.3 is 0 Å². The minimum absolute atomic E-state index is 0.0394. The minimum atomic E-state index is -0.387. The number of nitrogens with one attached hydrogen (secondary N) is 3. The van der Waals surface area contributed by atoms with E-state index < -0.39 is 0 Å². The van der Waals surface area contributed by atoms with Gasteiger partial charge in [0.15, 0.2) is 10.5 Å². The highest BCUT2D eigenvalue weighted by Crippen LogP contribution is 2.11. The molecule has 0 saturated carbocycles. The van der Waals surface area contributed by atoms with E-state index in [1.54, 1.807) is 19.1 Å². The number of amides is 1. The number of pyridine rings is 1. The summed E-state index contributed by atoms with van der Waals surface area (Å²) in [6.45, 7) is 1.76. The van der Waals surface area contributed by atoms with Crippen molar-refractivity contribution in [1.29, 1.82) is 0 Å². The first-order valence-corrected chi connectivity index (χ1v) is 6.34. The highest BCUT2D eigenvalue weighted by molar-refractivity contribution is 7.80. The van der Waals surface area contributed by atoms with Crippen LogP contribution in [-0.4, -0.2) is 16.0 Å². The van der Waals surface area contributed by atoms with E-state index in [0.717, 1.165) is 5.52 Å². The highest BCUT2D eigenvalue weighted by atomic mass is 32.1. The van der Waals surface area contributed by atoms with Gasteiger partial charge in [-0.3, -0.25) is 20.4 Å². The fraction of sp³-hybridized carbons (Fsp3) is 0.154. The Balaban J connectivity index is 2.33. The van der Waals surface area contributed by atoms with Crippen LogP contribution in [-0.2, 0) is 11.2 Å². The number of aryl methyl sites for hydroxylation is 1. The highest BCUT2D eigenvalue weighted by Gasteiger charge is 2.12. The minimum Gasteiger partial charge on any atom is -0.375 e. The van der Waals surface area contributed by atoms with Gasteiger partial charge in [-0.15, -0.1) is 0 Å². The summed E-state index contributed by atoms with van der Waals surface area (Å²) in [5, 5.41) is 0.519. The smallest absolute Gasteiger partial charge is 0.243 e. The maximum atomic E-state index is 12.4. The zero-order valence-electron chi connectivity index (χ0n) is 10.8. The average molecular weight is 290 g/mol. The number of hydrazine groups is 1. The number of carbonyl (C=O) groups is 1. The van der Waals surface area contributed by atoms with E-state index in [4.69, 9.17) is 5.73 Å². The molecular formula is C13H14N4O2S. The number of thiocarbonyl (C=S) groups is 1. The standard InChI is InChI=1S/C13H14N4O2S/c1-7-9(6-11(18)16-17-13(14)20)12(19)8-4-2-3-5-10(8)15-7/h2-5H,6H2,1H3,(H,15,19)(H,16,18)(H3,14,17,20). The van der Waals surface area contributed by atoms with E-state index in [0.29, 0.717) is 16.6 Å². The number of aromatic amines is 1. The number of H-pyrrole nitrogens is 1. The van der Waals surface area contributed by atoms with E-state index in [2.05, 4.69) is 28.1 Å². The Hall–Kier alpha value is -2.41. The molecule has 6 nitrogen and oxygen atoms in total. The van der Waals surface area contributed by atoms with Crippen LogP contribution in [0.1, 0.15) is 11.3 Å². The Morgan fingerprint density at radius 1 is 1.35 bits per heavy atom. The summed E-state index contributed by atoms with van der Waals surface area (Å²) in [6, 6.07) is 7.17. The number of hydrogen-bond acceptors (Lipinski definition) is 3. The summed E-state index contributed by atoms with van der Waals surface area (Å²) in [4.78, 5) is 27.2. The summed E-state index contributed by atoms with van der Waals surface area (Å²) in [6.07, 6.45) is -0.0540. The van der Waals surface area contributed by atoms with Gasteiger partial charge in [-0.2, -0.15) is 0 Å². The summed E-state index contributed by atoms with van der Waals surface area (Å²) in [5.41, 5.74) is 11.6. The molecule has 2 rings (SSSR count). The summed E-state index contributed by atoms with van der Waals surface area (Å²) in [7, 11) is 0. The van der Waals surface area contributed by atoms with Gasteiger partial charge in [-0.05, 0) is 31.3 Å². The molecule has 1 amide bonds. The number of fused-ring (bicyclic) bond motifs is 1. The quantitative estimate of drug-likeness (QED) is 0.469. The third-order valence-corrected chi connectivity index (χ3v) is 2.99. The lowest BCUT2D eigenvalue weighted by atomic mass is 10.1. The molecule has 0 radical (unpaired) electrons. The van der Waals surface area contributed by atoms with Gasteiger partial charge in [0.2, 0.25) is 5.91 Å². The van der Waals surface area contributed by atoms with Crippen molar-refractivity contribution in [3.05, 3.63) is 45.7 Å². The van der Waals surface area contributed by atoms with Crippen molar-refractivity contribution in [2.45, 2.75) is 13.3 Å². The molecule has 1 heterocycles. The van der Waals surface area contributed by atoms with Crippen LogP contribution >= 0.6 is 12.2 Å². The van der Waals surface area contributed by atoms with Gasteiger partial charge in [0.1, 0.15) is 0 Å². The molecule has 2 aromatic rings.